The molecule has 33 heavy (non-hydrogen) atoms. The van der Waals surface area contributed by atoms with E-state index in [2.05, 4.69) is 10.3 Å². The number of ether oxygens (including phenoxy) is 1. The lowest BCUT2D eigenvalue weighted by atomic mass is 9.93. The summed E-state index contributed by atoms with van der Waals surface area (Å²) < 4.78 is 19.6. The third kappa shape index (κ3) is 4.97. The Kier molecular flexibility index (Phi) is 5.82. The number of carbonyl (C=O) groups is 3. The molecule has 0 bridgehead atoms. The monoisotopic (exact) mass is 455 g/mol. The van der Waals surface area contributed by atoms with E-state index >= 15 is 0 Å². The van der Waals surface area contributed by atoms with E-state index in [-0.39, 0.29) is 41.9 Å². The zero-order valence-electron chi connectivity index (χ0n) is 18.7. The van der Waals surface area contributed by atoms with Crippen LogP contribution in [-0.2, 0) is 15.1 Å². The van der Waals surface area contributed by atoms with E-state index in [4.69, 9.17) is 4.74 Å². The highest BCUT2D eigenvalue weighted by Crippen LogP contribution is 2.48. The molecule has 8 nitrogen and oxygen atoms in total. The lowest BCUT2D eigenvalue weighted by Gasteiger charge is -2.26. The van der Waals surface area contributed by atoms with Crippen LogP contribution in [0.2, 0.25) is 0 Å². The topological polar surface area (TPSA) is 109 Å². The normalized spacial score (nSPS) is 21.3. The van der Waals surface area contributed by atoms with Crippen molar-refractivity contribution in [2.75, 3.05) is 13.1 Å². The van der Waals surface area contributed by atoms with Gasteiger partial charge in [0.25, 0.3) is 0 Å². The van der Waals surface area contributed by atoms with Crippen molar-refractivity contribution >= 4 is 17.8 Å². The van der Waals surface area contributed by atoms with Gasteiger partial charge in [-0.2, -0.15) is 0 Å². The molecule has 0 radical (unpaired) electrons. The van der Waals surface area contributed by atoms with Crippen LogP contribution in [0, 0.1) is 17.7 Å². The van der Waals surface area contributed by atoms with Gasteiger partial charge < -0.3 is 20.1 Å². The molecule has 2 fully saturated rings. The van der Waals surface area contributed by atoms with Gasteiger partial charge in [0, 0.05) is 36.6 Å². The fourth-order valence-electron chi connectivity index (χ4n) is 4.35. The minimum atomic E-state index is -1.16. The number of fused-ring (bicyclic) bond motifs is 1. The van der Waals surface area contributed by atoms with E-state index in [1.165, 1.54) is 19.1 Å². The maximum atomic E-state index is 13.4. The zero-order chi connectivity index (χ0) is 23.9. The SMILES string of the molecule is CC(=O)CC(=O)N1C[C@@H]2C(Oc3cc(C(C)(C)NC(=O)O)cc(-c4ccc(F)cc4)n3)[C@@H]2C1. The van der Waals surface area contributed by atoms with Gasteiger partial charge in [-0.1, -0.05) is 0 Å². The molecule has 2 N–H and O–H groups in total. The number of hydrogen-bond acceptors (Lipinski definition) is 5. The summed E-state index contributed by atoms with van der Waals surface area (Å²) in [7, 11) is 0. The van der Waals surface area contributed by atoms with E-state index in [1.807, 2.05) is 0 Å². The number of aromatic nitrogens is 1. The third-order valence-corrected chi connectivity index (χ3v) is 6.21. The molecule has 0 spiro atoms. The summed E-state index contributed by atoms with van der Waals surface area (Å²) in [4.78, 5) is 40.9. The smallest absolute Gasteiger partial charge is 0.405 e. The Morgan fingerprint density at radius 2 is 1.82 bits per heavy atom. The number of carboxylic acid groups (broad SMARTS) is 1. The highest BCUT2D eigenvalue weighted by molar-refractivity contribution is 5.97. The first-order valence-corrected chi connectivity index (χ1v) is 10.8. The Bertz CT molecular complexity index is 1090. The van der Waals surface area contributed by atoms with Gasteiger partial charge in [0.1, 0.15) is 17.7 Å². The third-order valence-electron chi connectivity index (χ3n) is 6.21. The minimum absolute atomic E-state index is 0.0821. The number of rotatable bonds is 7. The van der Waals surface area contributed by atoms with Crippen molar-refractivity contribution < 1.29 is 28.6 Å². The van der Waals surface area contributed by atoms with Gasteiger partial charge in [0.05, 0.1) is 17.7 Å². The summed E-state index contributed by atoms with van der Waals surface area (Å²) in [6.45, 7) is 5.95. The zero-order valence-corrected chi connectivity index (χ0v) is 18.7. The molecule has 1 aliphatic carbocycles. The van der Waals surface area contributed by atoms with Gasteiger partial charge in [-0.15, -0.1) is 0 Å². The average Bonchev–Trinajstić information content (AvgIpc) is 3.15. The van der Waals surface area contributed by atoms with Crippen molar-refractivity contribution in [3.8, 4) is 17.1 Å². The molecular weight excluding hydrogens is 429 g/mol. The lowest BCUT2D eigenvalue weighted by molar-refractivity contribution is -0.134. The van der Waals surface area contributed by atoms with Crippen molar-refractivity contribution in [1.82, 2.24) is 15.2 Å². The molecule has 2 heterocycles. The van der Waals surface area contributed by atoms with Crippen molar-refractivity contribution in [3.63, 3.8) is 0 Å². The van der Waals surface area contributed by atoms with Gasteiger partial charge in [0.2, 0.25) is 11.8 Å². The van der Waals surface area contributed by atoms with Crippen LogP contribution in [-0.4, -0.2) is 52.0 Å². The summed E-state index contributed by atoms with van der Waals surface area (Å²) in [5.74, 6) is 0.00701. The van der Waals surface area contributed by atoms with Gasteiger partial charge in [-0.3, -0.25) is 9.59 Å². The number of hydrogen-bond donors (Lipinski definition) is 2. The minimum Gasteiger partial charge on any atom is -0.474 e. The largest absolute Gasteiger partial charge is 0.474 e. The summed E-state index contributed by atoms with van der Waals surface area (Å²) in [5.41, 5.74) is 0.938. The number of Topliss-reactive ketones (excluding diaryl/α,β-unsaturated/α-hetero) is 1. The first kappa shape index (κ1) is 22.7. The fraction of sp³-hybridized carbons (Fsp3) is 0.417. The molecular formula is C24H26FN3O5. The van der Waals surface area contributed by atoms with Crippen LogP contribution in [0.3, 0.4) is 0 Å². The molecule has 1 aromatic carbocycles. The first-order chi connectivity index (χ1) is 15.5. The van der Waals surface area contributed by atoms with Crippen LogP contribution in [0.25, 0.3) is 11.3 Å². The molecule has 2 aromatic rings. The summed E-state index contributed by atoms with van der Waals surface area (Å²) in [6.07, 6.45) is -1.35. The van der Waals surface area contributed by atoms with E-state index in [0.29, 0.717) is 35.8 Å². The Labute approximate surface area is 190 Å². The van der Waals surface area contributed by atoms with Crippen molar-refractivity contribution in [1.29, 1.82) is 0 Å². The van der Waals surface area contributed by atoms with Crippen LogP contribution in [0.1, 0.15) is 32.8 Å². The lowest BCUT2D eigenvalue weighted by Crippen LogP contribution is -2.40. The second kappa shape index (κ2) is 8.46. The number of amides is 2. The molecule has 9 heteroatoms. The van der Waals surface area contributed by atoms with Gasteiger partial charge >= 0.3 is 6.09 Å². The Morgan fingerprint density at radius 1 is 1.18 bits per heavy atom. The number of likely N-dealkylation sites (tertiary alicyclic amines) is 1. The van der Waals surface area contributed by atoms with E-state index in [0.717, 1.165) is 0 Å². The van der Waals surface area contributed by atoms with E-state index in [9.17, 15) is 23.9 Å². The van der Waals surface area contributed by atoms with Gasteiger partial charge in [0.15, 0.2) is 0 Å². The number of nitrogens with one attached hydrogen (secondary N) is 1. The maximum Gasteiger partial charge on any atom is 0.405 e. The first-order valence-electron chi connectivity index (χ1n) is 10.8. The van der Waals surface area contributed by atoms with Gasteiger partial charge in [-0.05, 0) is 56.7 Å². The van der Waals surface area contributed by atoms with Crippen LogP contribution in [0.5, 0.6) is 5.88 Å². The molecule has 3 atom stereocenters. The van der Waals surface area contributed by atoms with Crippen LogP contribution >= 0.6 is 0 Å². The highest BCUT2D eigenvalue weighted by Gasteiger charge is 2.59. The number of halogens is 1. The Morgan fingerprint density at radius 3 is 2.39 bits per heavy atom. The Hall–Kier alpha value is -3.49. The van der Waals surface area contributed by atoms with Crippen molar-refractivity contribution in [2.24, 2.45) is 11.8 Å². The Balaban J connectivity index is 1.55. The number of nitrogens with zero attached hydrogens (tertiary/aromatic N) is 2. The molecule has 2 amide bonds. The molecule has 1 aromatic heterocycles. The maximum absolute atomic E-state index is 13.4. The van der Waals surface area contributed by atoms with Crippen LogP contribution in [0.4, 0.5) is 9.18 Å². The van der Waals surface area contributed by atoms with Crippen molar-refractivity contribution in [3.05, 3.63) is 47.8 Å². The second-order valence-electron chi connectivity index (χ2n) is 9.23. The molecule has 1 saturated heterocycles. The number of benzene rings is 1. The highest BCUT2D eigenvalue weighted by atomic mass is 19.1. The molecule has 1 aliphatic heterocycles. The number of piperidine rings is 1. The van der Waals surface area contributed by atoms with Crippen molar-refractivity contribution in [2.45, 2.75) is 38.8 Å². The summed E-state index contributed by atoms with van der Waals surface area (Å²) in [5, 5.41) is 11.7. The molecule has 4 rings (SSSR count). The molecule has 2 aliphatic rings. The number of ketones is 1. The molecule has 1 unspecified atom stereocenters. The molecule has 174 valence electrons. The van der Waals surface area contributed by atoms with Gasteiger partial charge in [-0.25, -0.2) is 14.2 Å². The summed E-state index contributed by atoms with van der Waals surface area (Å²) >= 11 is 0. The predicted octanol–water partition coefficient (Wildman–Crippen LogP) is 3.21. The average molecular weight is 455 g/mol. The molecule has 1 saturated carbocycles. The quantitative estimate of drug-likeness (QED) is 0.621. The number of pyridine rings is 1. The van der Waals surface area contributed by atoms with Crippen LogP contribution in [0.15, 0.2) is 36.4 Å². The predicted molar refractivity (Wildman–Crippen MR) is 117 cm³/mol. The van der Waals surface area contributed by atoms with E-state index in [1.54, 1.807) is 43.0 Å². The number of carbonyl (C=O) groups excluding carboxylic acids is 2. The summed E-state index contributed by atoms with van der Waals surface area (Å²) in [6, 6.07) is 9.34. The standard InChI is InChI=1S/C24H26FN3O5/c1-13(29)8-21(30)28-11-17-18(12-28)22(17)33-20-10-15(24(2,3)27-23(31)32)9-19(26-20)14-4-6-16(25)7-5-14/h4-7,9-10,17-18,22,27H,8,11-12H2,1-3H3,(H,31,32)/t17-,18+,22?. The van der Waals surface area contributed by atoms with Crippen LogP contribution < -0.4 is 10.1 Å². The second-order valence-corrected chi connectivity index (χ2v) is 9.23. The fourth-order valence-corrected chi connectivity index (χ4v) is 4.35. The van der Waals surface area contributed by atoms with E-state index < -0.39 is 11.6 Å².